The van der Waals surface area contributed by atoms with Crippen LogP contribution in [0.25, 0.3) is 21.9 Å². The maximum atomic E-state index is 14.3. The molecule has 1 amide bonds. The van der Waals surface area contributed by atoms with Crippen LogP contribution in [0.5, 0.6) is 5.75 Å². The Bertz CT molecular complexity index is 1810. The average Bonchev–Trinajstić information content (AvgIpc) is 3.57. The van der Waals surface area contributed by atoms with Crippen molar-refractivity contribution in [3.63, 3.8) is 0 Å². The van der Waals surface area contributed by atoms with Crippen LogP contribution in [0.3, 0.4) is 0 Å². The van der Waals surface area contributed by atoms with E-state index in [1.54, 1.807) is 18.2 Å². The number of nitrogens with one attached hydrogen (secondary N) is 2. The maximum Gasteiger partial charge on any atom is 0.459 e. The fourth-order valence-electron chi connectivity index (χ4n) is 5.68. The van der Waals surface area contributed by atoms with Crippen molar-refractivity contribution in [1.82, 2.24) is 24.6 Å². The number of carbonyl (C=O) groups excluding carboxylic acids is 2. The highest BCUT2D eigenvalue weighted by molar-refractivity contribution is 7.52. The van der Waals surface area contributed by atoms with Crippen LogP contribution in [-0.4, -0.2) is 78.7 Å². The van der Waals surface area contributed by atoms with E-state index in [-0.39, 0.29) is 41.7 Å². The Kier molecular flexibility index (Phi) is 9.55. The van der Waals surface area contributed by atoms with Gasteiger partial charge in [-0.05, 0) is 38.1 Å². The van der Waals surface area contributed by atoms with Gasteiger partial charge in [-0.25, -0.2) is 19.5 Å². The van der Waals surface area contributed by atoms with Gasteiger partial charge < -0.3 is 29.5 Å². The van der Waals surface area contributed by atoms with Crippen molar-refractivity contribution in [3.05, 3.63) is 55.1 Å². The first kappa shape index (κ1) is 32.9. The molecule has 0 saturated carbocycles. The number of carbonyl (C=O) groups is 2. The number of ether oxygens (including phenoxy) is 2. The van der Waals surface area contributed by atoms with Crippen molar-refractivity contribution in [3.8, 4) is 5.75 Å². The smallest absolute Gasteiger partial charge is 0.459 e. The third-order valence-electron chi connectivity index (χ3n) is 8.25. The molecule has 15 nitrogen and oxygen atoms in total. The molecule has 4 heterocycles. The zero-order chi connectivity index (χ0) is 33.2. The number of imidazole rings is 1. The predicted octanol–water partition coefficient (Wildman–Crippen LogP) is 3.62. The van der Waals surface area contributed by atoms with Crippen LogP contribution < -0.4 is 14.9 Å². The van der Waals surface area contributed by atoms with Gasteiger partial charge in [-0.1, -0.05) is 49.2 Å². The molecule has 16 heteroatoms. The molecule has 6 atom stereocenters. The topological polar surface area (TPSA) is 196 Å². The molecule has 1 unspecified atom stereocenters. The van der Waals surface area contributed by atoms with Crippen molar-refractivity contribution < 1.29 is 42.9 Å². The Hall–Kier alpha value is -3.98. The summed E-state index contributed by atoms with van der Waals surface area (Å²) >= 11 is 0. The Labute approximate surface area is 270 Å². The molecule has 1 saturated heterocycles. The van der Waals surface area contributed by atoms with Gasteiger partial charge in [0, 0.05) is 11.8 Å². The first-order valence-electron chi connectivity index (χ1n) is 15.5. The largest absolute Gasteiger partial charge is 0.465 e. The second kappa shape index (κ2) is 13.6. The lowest BCUT2D eigenvalue weighted by molar-refractivity contribution is -0.145. The van der Waals surface area contributed by atoms with Gasteiger partial charge in [-0.15, -0.1) is 0 Å². The lowest BCUT2D eigenvalue weighted by Crippen LogP contribution is -2.44. The van der Waals surface area contributed by atoms with E-state index in [9.17, 15) is 24.4 Å². The number of aromatic nitrogens is 4. The number of aliphatic hydroxyl groups is 2. The first-order chi connectivity index (χ1) is 22.6. The quantitative estimate of drug-likeness (QED) is 0.179. The average molecular weight is 669 g/mol. The van der Waals surface area contributed by atoms with Gasteiger partial charge in [0.15, 0.2) is 23.2 Å². The molecule has 2 aromatic heterocycles. The number of anilines is 1. The molecule has 6 rings (SSSR count). The Balaban J connectivity index is 1.31. The zero-order valence-corrected chi connectivity index (χ0v) is 26.8. The molecule has 4 N–H and O–H groups in total. The van der Waals surface area contributed by atoms with Crippen LogP contribution in [0.2, 0.25) is 0 Å². The summed E-state index contributed by atoms with van der Waals surface area (Å²) in [6, 6.07) is 11.5. The number of benzene rings is 2. The van der Waals surface area contributed by atoms with Crippen molar-refractivity contribution in [2.24, 2.45) is 0 Å². The summed E-state index contributed by atoms with van der Waals surface area (Å²) in [7, 11) is -4.36. The number of esters is 1. The van der Waals surface area contributed by atoms with E-state index in [1.807, 2.05) is 24.3 Å². The normalized spacial score (nSPS) is 30.0. The molecule has 1 fully saturated rings. The lowest BCUT2D eigenvalue weighted by atomic mass is 9.96. The molecular weight excluding hydrogens is 631 g/mol. The third-order valence-corrected chi connectivity index (χ3v) is 9.88. The molecule has 250 valence electrons. The molecule has 2 aliphatic heterocycles. The number of cyclic esters (lactones) is 1. The number of aliphatic hydroxyl groups excluding tert-OH is 1. The second-order valence-electron chi connectivity index (χ2n) is 11.8. The lowest BCUT2D eigenvalue weighted by Gasteiger charge is -2.27. The van der Waals surface area contributed by atoms with E-state index in [1.165, 1.54) is 31.1 Å². The molecular formula is C31H37N6O9P. The van der Waals surface area contributed by atoms with Crippen LogP contribution in [-0.2, 0) is 28.2 Å². The van der Waals surface area contributed by atoms with E-state index in [2.05, 4.69) is 25.4 Å². The minimum atomic E-state index is -4.36. The maximum absolute atomic E-state index is 14.3. The highest BCUT2D eigenvalue weighted by atomic mass is 31.2. The zero-order valence-electron chi connectivity index (χ0n) is 25.9. The predicted molar refractivity (Wildman–Crippen MR) is 169 cm³/mol. The summed E-state index contributed by atoms with van der Waals surface area (Å²) in [6.07, 6.45) is 1.54. The number of hydrogen-bond acceptors (Lipinski definition) is 12. The van der Waals surface area contributed by atoms with Gasteiger partial charge in [-0.2, -0.15) is 5.09 Å². The Morgan fingerprint density at radius 2 is 1.85 bits per heavy atom. The van der Waals surface area contributed by atoms with Gasteiger partial charge >= 0.3 is 13.7 Å². The van der Waals surface area contributed by atoms with Gasteiger partial charge in [0.1, 0.15) is 35.9 Å². The summed E-state index contributed by atoms with van der Waals surface area (Å²) in [6.45, 7) is 2.48. The minimum absolute atomic E-state index is 0.131. The van der Waals surface area contributed by atoms with Crippen molar-refractivity contribution in [1.29, 1.82) is 0 Å². The van der Waals surface area contributed by atoms with E-state index in [0.717, 1.165) is 18.2 Å². The standard InChI is InChI=1S/C31H37N6O9P/c1-19-29(40)43-15-8-4-3-5-14-24(38)35-27-25-28(33-17-32-27)37(18-34-25)30-31(2,41)26(39)23(45-30)16-44-47(42,36-19)46-22-13-9-11-20-10-6-7-12-21(20)22/h6-7,9-13,17-19,23,26,30,39,41H,3-5,8,14-16H2,1-2H3,(H,36,42)(H,32,33,35,38)/t19-,23-,26-,30-,31-,47?/m1/s1. The van der Waals surface area contributed by atoms with Gasteiger partial charge in [0.2, 0.25) is 5.91 Å². The molecule has 0 aliphatic carbocycles. The summed E-state index contributed by atoms with van der Waals surface area (Å²) in [5.41, 5.74) is -1.38. The van der Waals surface area contributed by atoms with E-state index >= 15 is 0 Å². The second-order valence-corrected chi connectivity index (χ2v) is 13.5. The number of fused-ring (bicyclic) bond motifs is 4. The van der Waals surface area contributed by atoms with Crippen LogP contribution in [0.4, 0.5) is 5.82 Å². The van der Waals surface area contributed by atoms with Crippen LogP contribution >= 0.6 is 7.75 Å². The first-order valence-corrected chi connectivity index (χ1v) is 17.0. The minimum Gasteiger partial charge on any atom is -0.465 e. The van der Waals surface area contributed by atoms with Gasteiger partial charge in [0.05, 0.1) is 19.5 Å². The van der Waals surface area contributed by atoms with E-state index in [4.69, 9.17) is 18.5 Å². The van der Waals surface area contributed by atoms with Crippen molar-refractivity contribution in [2.75, 3.05) is 18.5 Å². The van der Waals surface area contributed by atoms with Gasteiger partial charge in [-0.3, -0.25) is 18.7 Å². The van der Waals surface area contributed by atoms with Crippen molar-refractivity contribution >= 4 is 47.4 Å². The third kappa shape index (κ3) is 7.00. The SMILES string of the molecule is C[C@H]1NP(=O)(Oc2cccc3ccccc23)OC[C@H]2O[C@@H](n3cnc4c(ncnc43)NC(=O)CCCCCCOC1=O)[C@](C)(O)[C@@H]2O. The summed E-state index contributed by atoms with van der Waals surface area (Å²) in [5.74, 6) is -0.481. The molecule has 6 bridgehead atoms. The molecule has 2 aliphatic rings. The van der Waals surface area contributed by atoms with Crippen LogP contribution in [0.1, 0.15) is 52.2 Å². The molecule has 0 spiro atoms. The highest BCUT2D eigenvalue weighted by Crippen LogP contribution is 2.48. The molecule has 4 aromatic rings. The van der Waals surface area contributed by atoms with Crippen LogP contribution in [0, 0.1) is 0 Å². The summed E-state index contributed by atoms with van der Waals surface area (Å²) < 4.78 is 39.1. The molecule has 47 heavy (non-hydrogen) atoms. The molecule has 0 radical (unpaired) electrons. The Morgan fingerprint density at radius 3 is 2.70 bits per heavy atom. The summed E-state index contributed by atoms with van der Waals surface area (Å²) in [5, 5.41) is 29.5. The Morgan fingerprint density at radius 1 is 1.06 bits per heavy atom. The number of rotatable bonds is 2. The fourth-order valence-corrected chi connectivity index (χ4v) is 7.20. The van der Waals surface area contributed by atoms with E-state index in [0.29, 0.717) is 18.2 Å². The highest BCUT2D eigenvalue weighted by Gasteiger charge is 2.54. The van der Waals surface area contributed by atoms with E-state index < -0.39 is 50.4 Å². The van der Waals surface area contributed by atoms with Crippen molar-refractivity contribution in [2.45, 2.75) is 76.0 Å². The van der Waals surface area contributed by atoms with Crippen LogP contribution in [0.15, 0.2) is 55.1 Å². The number of amides is 1. The number of nitrogens with zero attached hydrogens (tertiary/aromatic N) is 4. The molecule has 2 aromatic carbocycles. The monoisotopic (exact) mass is 668 g/mol. The fraction of sp³-hybridized carbons (Fsp3) is 0.452. The summed E-state index contributed by atoms with van der Waals surface area (Å²) in [4.78, 5) is 38.3. The van der Waals surface area contributed by atoms with Gasteiger partial charge in [0.25, 0.3) is 0 Å². The number of hydrogen-bond donors (Lipinski definition) is 4.